The molecule has 0 saturated heterocycles. The second kappa shape index (κ2) is 4.50. The molecule has 1 atom stereocenters. The molecule has 0 aromatic carbocycles. The molecule has 1 rings (SSSR count). The molecule has 0 fully saturated rings. The Morgan fingerprint density at radius 1 is 1.71 bits per heavy atom. The maximum atomic E-state index is 10.8. The number of nitrogens with two attached hydrogens (primary N) is 2. The third-order valence-corrected chi connectivity index (χ3v) is 2.59. The molecule has 5 nitrogen and oxygen atoms in total. The summed E-state index contributed by atoms with van der Waals surface area (Å²) >= 11 is 3.14. The first-order chi connectivity index (χ1) is 6.57. The van der Waals surface area contributed by atoms with Crippen LogP contribution in [-0.2, 0) is 0 Å². The zero-order valence-corrected chi connectivity index (χ0v) is 8.86. The quantitative estimate of drug-likeness (QED) is 0.734. The third kappa shape index (κ3) is 2.09. The summed E-state index contributed by atoms with van der Waals surface area (Å²) in [4.78, 5) is 14.7. The molecule has 0 radical (unpaired) electrons. The van der Waals surface area contributed by atoms with Crippen molar-refractivity contribution in [3.8, 4) is 0 Å². The Labute approximate surface area is 89.2 Å². The van der Waals surface area contributed by atoms with Gasteiger partial charge >= 0.3 is 5.97 Å². The number of aromatic carboxylic acids is 1. The fourth-order valence-corrected chi connectivity index (χ4v) is 1.69. The van der Waals surface area contributed by atoms with Crippen LogP contribution in [0.15, 0.2) is 16.7 Å². The molecule has 0 aliphatic rings. The first kappa shape index (κ1) is 11.1. The first-order valence-corrected chi connectivity index (χ1v) is 4.70. The third-order valence-electron chi connectivity index (χ3n) is 1.75. The standard InChI is InChI=1S/C8H10BrN3O2/c9-6-4(8(13)14)1-2-12-7(6)5(11)3-10/h1-2,5H,3,10-11H2,(H,13,14). The van der Waals surface area contributed by atoms with Gasteiger partial charge in [0.1, 0.15) is 0 Å². The van der Waals surface area contributed by atoms with E-state index in [1.807, 2.05) is 0 Å². The molecule has 0 aliphatic heterocycles. The molecule has 1 aromatic rings. The lowest BCUT2D eigenvalue weighted by Crippen LogP contribution is -2.23. The van der Waals surface area contributed by atoms with E-state index in [1.165, 1.54) is 12.3 Å². The summed E-state index contributed by atoms with van der Waals surface area (Å²) in [5, 5.41) is 8.81. The normalized spacial score (nSPS) is 12.5. The summed E-state index contributed by atoms with van der Waals surface area (Å²) < 4.78 is 0.394. The number of carbonyl (C=O) groups is 1. The van der Waals surface area contributed by atoms with Crippen molar-refractivity contribution in [3.63, 3.8) is 0 Å². The lowest BCUT2D eigenvalue weighted by Gasteiger charge is -2.11. The number of nitrogens with zero attached hydrogens (tertiary/aromatic N) is 1. The van der Waals surface area contributed by atoms with Gasteiger partial charge in [-0.15, -0.1) is 0 Å². The monoisotopic (exact) mass is 259 g/mol. The van der Waals surface area contributed by atoms with Crippen LogP contribution in [0.2, 0.25) is 0 Å². The molecular weight excluding hydrogens is 250 g/mol. The minimum Gasteiger partial charge on any atom is -0.478 e. The Balaban J connectivity index is 3.20. The van der Waals surface area contributed by atoms with Crippen molar-refractivity contribution >= 4 is 21.9 Å². The highest BCUT2D eigenvalue weighted by Gasteiger charge is 2.16. The van der Waals surface area contributed by atoms with Crippen molar-refractivity contribution < 1.29 is 9.90 Å². The second-order valence-corrected chi connectivity index (χ2v) is 3.50. The average molecular weight is 260 g/mol. The van der Waals surface area contributed by atoms with Crippen LogP contribution >= 0.6 is 15.9 Å². The molecule has 1 unspecified atom stereocenters. The summed E-state index contributed by atoms with van der Waals surface area (Å²) in [5.41, 5.74) is 11.6. The van der Waals surface area contributed by atoms with Gasteiger partial charge in [0.25, 0.3) is 0 Å². The summed E-state index contributed by atoms with van der Waals surface area (Å²) in [5.74, 6) is -1.02. The Morgan fingerprint density at radius 3 is 2.86 bits per heavy atom. The highest BCUT2D eigenvalue weighted by molar-refractivity contribution is 9.10. The maximum Gasteiger partial charge on any atom is 0.336 e. The molecule has 14 heavy (non-hydrogen) atoms. The van der Waals surface area contributed by atoms with Crippen molar-refractivity contribution in [1.29, 1.82) is 0 Å². The molecule has 0 aliphatic carbocycles. The SMILES string of the molecule is NCC(N)c1nccc(C(=O)O)c1Br. The Kier molecular flexibility index (Phi) is 3.56. The smallest absolute Gasteiger partial charge is 0.336 e. The Hall–Kier alpha value is -0.980. The topological polar surface area (TPSA) is 102 Å². The molecule has 1 aromatic heterocycles. The van der Waals surface area contributed by atoms with Crippen molar-refractivity contribution in [2.75, 3.05) is 6.54 Å². The summed E-state index contributed by atoms with van der Waals surface area (Å²) in [6, 6.07) is 0.947. The molecule has 0 spiro atoms. The van der Waals surface area contributed by atoms with Crippen LogP contribution in [0.3, 0.4) is 0 Å². The molecule has 1 heterocycles. The van der Waals surface area contributed by atoms with E-state index in [-0.39, 0.29) is 12.1 Å². The van der Waals surface area contributed by atoms with E-state index in [0.717, 1.165) is 0 Å². The van der Waals surface area contributed by atoms with E-state index in [1.54, 1.807) is 0 Å². The molecule has 76 valence electrons. The Morgan fingerprint density at radius 2 is 2.36 bits per heavy atom. The number of aromatic nitrogens is 1. The van der Waals surface area contributed by atoms with Gasteiger partial charge in [0.15, 0.2) is 0 Å². The van der Waals surface area contributed by atoms with Gasteiger partial charge in [0, 0.05) is 12.7 Å². The first-order valence-electron chi connectivity index (χ1n) is 3.91. The number of halogens is 1. The lowest BCUT2D eigenvalue weighted by atomic mass is 10.1. The largest absolute Gasteiger partial charge is 0.478 e. The van der Waals surface area contributed by atoms with Crippen LogP contribution in [0.25, 0.3) is 0 Å². The van der Waals surface area contributed by atoms with Crippen molar-refractivity contribution in [1.82, 2.24) is 4.98 Å². The summed E-state index contributed by atoms with van der Waals surface area (Å²) in [6.07, 6.45) is 1.40. The van der Waals surface area contributed by atoms with E-state index in [9.17, 15) is 4.79 Å². The molecule has 0 amide bonds. The second-order valence-electron chi connectivity index (χ2n) is 2.71. The predicted octanol–water partition coefficient (Wildman–Crippen LogP) is 0.501. The molecule has 6 heteroatoms. The fourth-order valence-electron chi connectivity index (χ4n) is 0.995. The lowest BCUT2D eigenvalue weighted by molar-refractivity contribution is 0.0695. The summed E-state index contributed by atoms with van der Waals surface area (Å²) in [7, 11) is 0. The van der Waals surface area contributed by atoms with Gasteiger partial charge in [-0.1, -0.05) is 0 Å². The van der Waals surface area contributed by atoms with Crippen molar-refractivity contribution in [2.45, 2.75) is 6.04 Å². The van der Waals surface area contributed by atoms with Crippen LogP contribution in [0.4, 0.5) is 0 Å². The zero-order valence-electron chi connectivity index (χ0n) is 7.27. The summed E-state index contributed by atoms with van der Waals surface area (Å²) in [6.45, 7) is 0.217. The number of pyridine rings is 1. The highest BCUT2D eigenvalue weighted by Crippen LogP contribution is 2.23. The van der Waals surface area contributed by atoms with Crippen molar-refractivity contribution in [3.05, 3.63) is 28.0 Å². The van der Waals surface area contributed by atoms with Crippen molar-refractivity contribution in [2.24, 2.45) is 11.5 Å². The van der Waals surface area contributed by atoms with E-state index >= 15 is 0 Å². The van der Waals surface area contributed by atoms with Gasteiger partial charge in [-0.25, -0.2) is 4.79 Å². The van der Waals surface area contributed by atoms with Crippen LogP contribution in [-0.4, -0.2) is 22.6 Å². The van der Waals surface area contributed by atoms with Gasteiger partial charge in [-0.3, -0.25) is 4.98 Å². The molecule has 0 saturated carbocycles. The molecule has 5 N–H and O–H groups in total. The molecular formula is C8H10BrN3O2. The van der Waals surface area contributed by atoms with Crippen LogP contribution in [0, 0.1) is 0 Å². The maximum absolute atomic E-state index is 10.8. The van der Waals surface area contributed by atoms with Crippen LogP contribution in [0.5, 0.6) is 0 Å². The minimum atomic E-state index is -1.02. The van der Waals surface area contributed by atoms with E-state index in [2.05, 4.69) is 20.9 Å². The van der Waals surface area contributed by atoms with Gasteiger partial charge in [-0.2, -0.15) is 0 Å². The van der Waals surface area contributed by atoms with E-state index in [0.29, 0.717) is 10.2 Å². The van der Waals surface area contributed by atoms with Gasteiger partial charge < -0.3 is 16.6 Å². The number of hydrogen-bond donors (Lipinski definition) is 3. The number of hydrogen-bond acceptors (Lipinski definition) is 4. The van der Waals surface area contributed by atoms with Gasteiger partial charge in [0.05, 0.1) is 21.8 Å². The highest BCUT2D eigenvalue weighted by atomic mass is 79.9. The molecule has 0 bridgehead atoms. The number of carboxylic acid groups (broad SMARTS) is 1. The van der Waals surface area contributed by atoms with Gasteiger partial charge in [-0.05, 0) is 22.0 Å². The van der Waals surface area contributed by atoms with Gasteiger partial charge in [0.2, 0.25) is 0 Å². The average Bonchev–Trinajstić information content (AvgIpc) is 2.16. The fraction of sp³-hybridized carbons (Fsp3) is 0.250. The van der Waals surface area contributed by atoms with E-state index in [4.69, 9.17) is 16.6 Å². The Bertz CT molecular complexity index is 356. The number of carboxylic acids is 1. The van der Waals surface area contributed by atoms with Crippen LogP contribution in [0.1, 0.15) is 22.1 Å². The minimum absolute atomic E-state index is 0.138. The zero-order chi connectivity index (χ0) is 10.7. The van der Waals surface area contributed by atoms with Crippen LogP contribution < -0.4 is 11.5 Å². The number of rotatable bonds is 3. The predicted molar refractivity (Wildman–Crippen MR) is 54.9 cm³/mol. The van der Waals surface area contributed by atoms with E-state index < -0.39 is 12.0 Å².